The van der Waals surface area contributed by atoms with E-state index in [1.807, 2.05) is 28.8 Å². The number of methoxy groups -OCH3 is 1. The van der Waals surface area contributed by atoms with Gasteiger partial charge in [0.2, 0.25) is 0 Å². The first-order valence-electron chi connectivity index (χ1n) is 8.02. The molecular formula is C17H19N5O2. The van der Waals surface area contributed by atoms with Crippen LogP contribution in [0.4, 0.5) is 11.5 Å². The highest BCUT2D eigenvalue weighted by Gasteiger charge is 2.18. The maximum Gasteiger partial charge on any atom is 0.165 e. The molecule has 0 radical (unpaired) electrons. The van der Waals surface area contributed by atoms with Crippen LogP contribution >= 0.6 is 0 Å². The van der Waals surface area contributed by atoms with Crippen molar-refractivity contribution in [1.29, 1.82) is 0 Å². The lowest BCUT2D eigenvalue weighted by molar-refractivity contribution is 0.0978. The van der Waals surface area contributed by atoms with Crippen LogP contribution in [0.25, 0.3) is 11.2 Å². The van der Waals surface area contributed by atoms with Crippen molar-refractivity contribution in [1.82, 2.24) is 19.5 Å². The van der Waals surface area contributed by atoms with Gasteiger partial charge in [-0.1, -0.05) is 0 Å². The molecular weight excluding hydrogens is 306 g/mol. The van der Waals surface area contributed by atoms with Crippen molar-refractivity contribution in [3.63, 3.8) is 0 Å². The lowest BCUT2D eigenvalue weighted by atomic mass is 10.2. The molecule has 3 heterocycles. The van der Waals surface area contributed by atoms with Gasteiger partial charge < -0.3 is 19.4 Å². The van der Waals surface area contributed by atoms with Crippen molar-refractivity contribution in [2.45, 2.75) is 25.5 Å². The first kappa shape index (κ1) is 14.9. The van der Waals surface area contributed by atoms with Crippen LogP contribution in [0.5, 0.6) is 5.75 Å². The van der Waals surface area contributed by atoms with E-state index in [0.717, 1.165) is 48.6 Å². The number of nitrogens with one attached hydrogen (secondary N) is 1. The molecule has 1 aromatic carbocycles. The van der Waals surface area contributed by atoms with Crippen LogP contribution in [0.3, 0.4) is 0 Å². The van der Waals surface area contributed by atoms with Gasteiger partial charge in [-0.05, 0) is 37.1 Å². The Balaban J connectivity index is 1.59. The lowest BCUT2D eigenvalue weighted by Gasteiger charge is -2.10. The van der Waals surface area contributed by atoms with E-state index in [1.165, 1.54) is 0 Å². The summed E-state index contributed by atoms with van der Waals surface area (Å²) in [6, 6.07) is 7.68. The standard InChI is InChI=1S/C17H19N5O2/c1-23-13-6-4-12(5-7-13)21-16-15-17(19-10-18-16)22(11-20-15)9-14-3-2-8-24-14/h4-7,10-11,14H,2-3,8-9H2,1H3,(H,18,19,21). The van der Waals surface area contributed by atoms with E-state index in [9.17, 15) is 0 Å². The average molecular weight is 325 g/mol. The van der Waals surface area contributed by atoms with Crippen molar-refractivity contribution in [3.05, 3.63) is 36.9 Å². The highest BCUT2D eigenvalue weighted by Crippen LogP contribution is 2.24. The minimum Gasteiger partial charge on any atom is -0.497 e. The number of rotatable bonds is 5. The molecule has 0 amide bonds. The number of benzene rings is 1. The minimum absolute atomic E-state index is 0.246. The predicted octanol–water partition coefficient (Wildman–Crippen LogP) is 2.76. The van der Waals surface area contributed by atoms with E-state index in [2.05, 4.69) is 20.3 Å². The van der Waals surface area contributed by atoms with E-state index in [1.54, 1.807) is 19.8 Å². The summed E-state index contributed by atoms with van der Waals surface area (Å²) in [5.41, 5.74) is 2.49. The quantitative estimate of drug-likeness (QED) is 0.777. The van der Waals surface area contributed by atoms with Gasteiger partial charge in [0.25, 0.3) is 0 Å². The summed E-state index contributed by atoms with van der Waals surface area (Å²) >= 11 is 0. The summed E-state index contributed by atoms with van der Waals surface area (Å²) < 4.78 is 12.9. The molecule has 124 valence electrons. The van der Waals surface area contributed by atoms with Gasteiger partial charge in [-0.3, -0.25) is 0 Å². The largest absolute Gasteiger partial charge is 0.497 e. The molecule has 1 fully saturated rings. The van der Waals surface area contributed by atoms with Crippen molar-refractivity contribution >= 4 is 22.7 Å². The molecule has 7 heteroatoms. The Morgan fingerprint density at radius 2 is 2.12 bits per heavy atom. The van der Waals surface area contributed by atoms with Crippen LogP contribution in [-0.2, 0) is 11.3 Å². The summed E-state index contributed by atoms with van der Waals surface area (Å²) in [7, 11) is 1.65. The maximum atomic E-state index is 5.70. The van der Waals surface area contributed by atoms with Crippen LogP contribution in [0.1, 0.15) is 12.8 Å². The number of nitrogens with zero attached hydrogens (tertiary/aromatic N) is 4. The Kier molecular flexibility index (Phi) is 4.00. The molecule has 0 saturated carbocycles. The number of imidazole rings is 1. The Labute approximate surface area is 139 Å². The Morgan fingerprint density at radius 1 is 1.25 bits per heavy atom. The van der Waals surface area contributed by atoms with Gasteiger partial charge in [-0.15, -0.1) is 0 Å². The number of ether oxygens (including phenoxy) is 2. The summed E-state index contributed by atoms with van der Waals surface area (Å²) in [5.74, 6) is 1.51. The van der Waals surface area contributed by atoms with E-state index >= 15 is 0 Å². The van der Waals surface area contributed by atoms with Crippen molar-refractivity contribution in [3.8, 4) is 5.75 Å². The third-order valence-corrected chi connectivity index (χ3v) is 4.18. The predicted molar refractivity (Wildman–Crippen MR) is 90.6 cm³/mol. The monoisotopic (exact) mass is 325 g/mol. The normalized spacial score (nSPS) is 17.3. The zero-order valence-corrected chi connectivity index (χ0v) is 13.5. The average Bonchev–Trinajstić information content (AvgIpc) is 3.27. The van der Waals surface area contributed by atoms with Crippen molar-refractivity contribution in [2.24, 2.45) is 0 Å². The molecule has 4 rings (SSSR count). The van der Waals surface area contributed by atoms with Gasteiger partial charge in [0.05, 0.1) is 26.1 Å². The Bertz CT molecular complexity index is 825. The van der Waals surface area contributed by atoms with E-state index in [4.69, 9.17) is 9.47 Å². The van der Waals surface area contributed by atoms with Gasteiger partial charge >= 0.3 is 0 Å². The second-order valence-electron chi connectivity index (χ2n) is 5.78. The first-order chi connectivity index (χ1) is 11.8. The molecule has 2 aromatic heterocycles. The van der Waals surface area contributed by atoms with Gasteiger partial charge in [0.1, 0.15) is 12.1 Å². The molecule has 3 aromatic rings. The third kappa shape index (κ3) is 2.90. The Morgan fingerprint density at radius 3 is 2.88 bits per heavy atom. The van der Waals surface area contributed by atoms with Gasteiger partial charge in [0, 0.05) is 12.3 Å². The van der Waals surface area contributed by atoms with Crippen molar-refractivity contribution in [2.75, 3.05) is 19.0 Å². The van der Waals surface area contributed by atoms with Gasteiger partial charge in [0.15, 0.2) is 17.0 Å². The highest BCUT2D eigenvalue weighted by atomic mass is 16.5. The van der Waals surface area contributed by atoms with Gasteiger partial charge in [-0.2, -0.15) is 0 Å². The number of aromatic nitrogens is 4. The van der Waals surface area contributed by atoms with E-state index in [-0.39, 0.29) is 6.10 Å². The lowest BCUT2D eigenvalue weighted by Crippen LogP contribution is -2.14. The van der Waals surface area contributed by atoms with Crippen LogP contribution in [0.15, 0.2) is 36.9 Å². The second kappa shape index (κ2) is 6.45. The van der Waals surface area contributed by atoms with Gasteiger partial charge in [-0.25, -0.2) is 15.0 Å². The molecule has 1 atom stereocenters. The highest BCUT2D eigenvalue weighted by molar-refractivity contribution is 5.85. The van der Waals surface area contributed by atoms with Crippen LogP contribution in [0.2, 0.25) is 0 Å². The molecule has 0 bridgehead atoms. The number of hydrogen-bond acceptors (Lipinski definition) is 6. The van der Waals surface area contributed by atoms with Crippen LogP contribution in [-0.4, -0.2) is 39.3 Å². The van der Waals surface area contributed by atoms with E-state index in [0.29, 0.717) is 5.82 Å². The molecule has 0 spiro atoms. The summed E-state index contributed by atoms with van der Waals surface area (Å²) in [5, 5.41) is 3.29. The second-order valence-corrected chi connectivity index (χ2v) is 5.78. The van der Waals surface area contributed by atoms with Crippen LogP contribution in [0, 0.1) is 0 Å². The molecule has 1 unspecified atom stereocenters. The Hall–Kier alpha value is -2.67. The third-order valence-electron chi connectivity index (χ3n) is 4.18. The smallest absolute Gasteiger partial charge is 0.165 e. The number of fused-ring (bicyclic) bond motifs is 1. The molecule has 1 saturated heterocycles. The minimum atomic E-state index is 0.246. The topological polar surface area (TPSA) is 74.1 Å². The fourth-order valence-electron chi connectivity index (χ4n) is 2.92. The SMILES string of the molecule is COc1ccc(Nc2ncnc3c2ncn3CC2CCCO2)cc1. The first-order valence-corrected chi connectivity index (χ1v) is 8.02. The summed E-state index contributed by atoms with van der Waals surface area (Å²) in [6.07, 6.45) is 5.82. The fourth-order valence-corrected chi connectivity index (χ4v) is 2.92. The number of anilines is 2. The zero-order chi connectivity index (χ0) is 16.4. The molecule has 0 aliphatic carbocycles. The fraction of sp³-hybridized carbons (Fsp3) is 0.353. The molecule has 7 nitrogen and oxygen atoms in total. The number of hydrogen-bond donors (Lipinski definition) is 1. The molecule has 1 N–H and O–H groups in total. The summed E-state index contributed by atoms with van der Waals surface area (Å²) in [4.78, 5) is 13.2. The molecule has 1 aliphatic rings. The van der Waals surface area contributed by atoms with Crippen LogP contribution < -0.4 is 10.1 Å². The summed E-state index contributed by atoms with van der Waals surface area (Å²) in [6.45, 7) is 1.62. The molecule has 1 aliphatic heterocycles. The van der Waals surface area contributed by atoms with Crippen molar-refractivity contribution < 1.29 is 9.47 Å². The molecule has 24 heavy (non-hydrogen) atoms. The maximum absolute atomic E-state index is 5.70. The zero-order valence-electron chi connectivity index (χ0n) is 13.5. The van der Waals surface area contributed by atoms with E-state index < -0.39 is 0 Å².